The standard InChI is InChI=1S/C45H42N4O/c1-44(2,3)33-15-11-16-35(27-33)47-25-26-48(31-47)36-17-12-18-37(29-36)50-38-21-22-40-39-19-9-10-20-41(39)49(42(40)30-38)43-28-34(23-24-46-43)45(4,5)32-13-7-6-8-14-32/h6-30H,31H2,1-5H3. The van der Waals surface area contributed by atoms with E-state index in [0.29, 0.717) is 0 Å². The van der Waals surface area contributed by atoms with E-state index >= 15 is 0 Å². The minimum absolute atomic E-state index is 0.0992. The molecule has 0 amide bonds. The van der Waals surface area contributed by atoms with Crippen LogP contribution in [0.3, 0.4) is 0 Å². The Bertz CT molecular complexity index is 2360. The number of anilines is 2. The summed E-state index contributed by atoms with van der Waals surface area (Å²) in [5.41, 5.74) is 8.15. The van der Waals surface area contributed by atoms with Crippen LogP contribution in [0.25, 0.3) is 27.6 Å². The van der Waals surface area contributed by atoms with Gasteiger partial charge < -0.3 is 14.5 Å². The molecule has 0 saturated heterocycles. The summed E-state index contributed by atoms with van der Waals surface area (Å²) < 4.78 is 8.84. The molecule has 248 valence electrons. The van der Waals surface area contributed by atoms with Crippen molar-refractivity contribution in [2.24, 2.45) is 0 Å². The summed E-state index contributed by atoms with van der Waals surface area (Å²) >= 11 is 0. The van der Waals surface area contributed by atoms with Crippen molar-refractivity contribution in [1.29, 1.82) is 0 Å². The van der Waals surface area contributed by atoms with Crippen molar-refractivity contribution in [1.82, 2.24) is 9.55 Å². The van der Waals surface area contributed by atoms with E-state index in [0.717, 1.165) is 46.1 Å². The quantitative estimate of drug-likeness (QED) is 0.171. The van der Waals surface area contributed by atoms with Crippen LogP contribution in [-0.4, -0.2) is 16.2 Å². The first kappa shape index (κ1) is 31.5. The fourth-order valence-electron chi connectivity index (χ4n) is 6.98. The molecule has 5 nitrogen and oxygen atoms in total. The van der Waals surface area contributed by atoms with Crippen LogP contribution in [0.15, 0.2) is 152 Å². The molecule has 0 radical (unpaired) electrons. The molecule has 8 rings (SSSR count). The predicted molar refractivity (Wildman–Crippen MR) is 208 cm³/mol. The van der Waals surface area contributed by atoms with Crippen molar-refractivity contribution in [3.63, 3.8) is 0 Å². The van der Waals surface area contributed by atoms with Crippen LogP contribution < -0.4 is 14.5 Å². The van der Waals surface area contributed by atoms with Crippen molar-refractivity contribution in [2.75, 3.05) is 16.5 Å². The largest absolute Gasteiger partial charge is 0.457 e. The number of fused-ring (bicyclic) bond motifs is 3. The highest BCUT2D eigenvalue weighted by molar-refractivity contribution is 6.09. The number of nitrogens with zero attached hydrogens (tertiary/aromatic N) is 4. The number of hydrogen-bond acceptors (Lipinski definition) is 4. The molecule has 7 aromatic rings. The van der Waals surface area contributed by atoms with Gasteiger partial charge in [0.05, 0.1) is 17.7 Å². The smallest absolute Gasteiger partial charge is 0.137 e. The zero-order valence-corrected chi connectivity index (χ0v) is 29.3. The summed E-state index contributed by atoms with van der Waals surface area (Å²) in [4.78, 5) is 9.43. The molecule has 0 bridgehead atoms. The number of benzene rings is 5. The molecule has 50 heavy (non-hydrogen) atoms. The highest BCUT2D eigenvalue weighted by Gasteiger charge is 2.25. The third kappa shape index (κ3) is 5.79. The Balaban J connectivity index is 1.10. The summed E-state index contributed by atoms with van der Waals surface area (Å²) in [6, 6.07) is 47.1. The van der Waals surface area contributed by atoms with Gasteiger partial charge >= 0.3 is 0 Å². The van der Waals surface area contributed by atoms with Crippen molar-refractivity contribution in [3.05, 3.63) is 169 Å². The minimum Gasteiger partial charge on any atom is -0.457 e. The van der Waals surface area contributed by atoms with Gasteiger partial charge in [-0.25, -0.2) is 4.98 Å². The fourth-order valence-corrected chi connectivity index (χ4v) is 6.98. The molecule has 1 aliphatic heterocycles. The monoisotopic (exact) mass is 654 g/mol. The number of aromatic nitrogens is 2. The van der Waals surface area contributed by atoms with E-state index in [9.17, 15) is 0 Å². The van der Waals surface area contributed by atoms with Gasteiger partial charge in [-0.15, -0.1) is 0 Å². The summed E-state index contributed by atoms with van der Waals surface area (Å²) in [5, 5.41) is 2.35. The molecule has 0 fully saturated rings. The van der Waals surface area contributed by atoms with Crippen LogP contribution in [-0.2, 0) is 10.8 Å². The SMILES string of the molecule is CC(C)(C)c1cccc(N2C=CN(c3cccc(Oc4ccc5c6ccccc6n(-c6cc(C(C)(C)c7ccccc7)ccn6)c5c4)c3)C2)c1. The van der Waals surface area contributed by atoms with Crippen LogP contribution in [0.5, 0.6) is 11.5 Å². The van der Waals surface area contributed by atoms with Gasteiger partial charge in [-0.3, -0.25) is 4.57 Å². The van der Waals surface area contributed by atoms with Crippen LogP contribution in [0.2, 0.25) is 0 Å². The summed E-state index contributed by atoms with van der Waals surface area (Å²) in [7, 11) is 0. The molecule has 5 aromatic carbocycles. The second-order valence-corrected chi connectivity index (χ2v) is 14.7. The van der Waals surface area contributed by atoms with E-state index in [4.69, 9.17) is 9.72 Å². The molecular formula is C45H42N4O. The van der Waals surface area contributed by atoms with Gasteiger partial charge in [0.2, 0.25) is 0 Å². The zero-order valence-electron chi connectivity index (χ0n) is 29.3. The number of rotatable bonds is 7. The van der Waals surface area contributed by atoms with E-state index in [1.807, 2.05) is 12.3 Å². The molecule has 2 aromatic heterocycles. The average Bonchev–Trinajstić information content (AvgIpc) is 3.76. The van der Waals surface area contributed by atoms with Crippen molar-refractivity contribution < 1.29 is 4.74 Å². The average molecular weight is 655 g/mol. The molecule has 5 heteroatoms. The zero-order chi connectivity index (χ0) is 34.5. The van der Waals surface area contributed by atoms with Crippen molar-refractivity contribution in [2.45, 2.75) is 45.4 Å². The molecule has 0 aliphatic carbocycles. The lowest BCUT2D eigenvalue weighted by Crippen LogP contribution is -2.25. The molecule has 1 aliphatic rings. The van der Waals surface area contributed by atoms with Crippen molar-refractivity contribution in [3.8, 4) is 17.3 Å². The molecule has 0 N–H and O–H groups in total. The Morgan fingerprint density at radius 1 is 0.540 bits per heavy atom. The number of para-hydroxylation sites is 1. The Kier molecular flexibility index (Phi) is 7.71. The van der Waals surface area contributed by atoms with E-state index in [2.05, 4.69) is 189 Å². The lowest BCUT2D eigenvalue weighted by atomic mass is 9.78. The number of pyridine rings is 1. The highest BCUT2D eigenvalue weighted by atomic mass is 16.5. The Labute approximate surface area is 294 Å². The van der Waals surface area contributed by atoms with Crippen LogP contribution in [0, 0.1) is 0 Å². The predicted octanol–water partition coefficient (Wildman–Crippen LogP) is 11.3. The van der Waals surface area contributed by atoms with Gasteiger partial charge in [-0.1, -0.05) is 101 Å². The highest BCUT2D eigenvalue weighted by Crippen LogP contribution is 2.38. The summed E-state index contributed by atoms with van der Waals surface area (Å²) in [6.07, 6.45) is 6.21. The van der Waals surface area contributed by atoms with E-state index in [1.165, 1.54) is 27.8 Å². The first-order chi connectivity index (χ1) is 24.1. The lowest BCUT2D eigenvalue weighted by molar-refractivity contribution is 0.483. The Morgan fingerprint density at radius 2 is 1.20 bits per heavy atom. The number of ether oxygens (including phenoxy) is 1. The van der Waals surface area contributed by atoms with Gasteiger partial charge in [-0.05, 0) is 76.7 Å². The molecule has 0 saturated carbocycles. The summed E-state index contributed by atoms with van der Waals surface area (Å²) in [6.45, 7) is 12.0. The van der Waals surface area contributed by atoms with Gasteiger partial charge in [0.1, 0.15) is 17.3 Å². The minimum atomic E-state index is -0.185. The van der Waals surface area contributed by atoms with Crippen LogP contribution >= 0.6 is 0 Å². The second kappa shape index (κ2) is 12.3. The maximum absolute atomic E-state index is 6.58. The Morgan fingerprint density at radius 3 is 1.98 bits per heavy atom. The molecule has 0 atom stereocenters. The van der Waals surface area contributed by atoms with Crippen LogP contribution in [0.1, 0.15) is 51.3 Å². The van der Waals surface area contributed by atoms with E-state index in [-0.39, 0.29) is 10.8 Å². The topological polar surface area (TPSA) is 33.5 Å². The van der Waals surface area contributed by atoms with Crippen LogP contribution in [0.4, 0.5) is 11.4 Å². The third-order valence-electron chi connectivity index (χ3n) is 10.00. The van der Waals surface area contributed by atoms with Gasteiger partial charge in [0.15, 0.2) is 0 Å². The molecule has 3 heterocycles. The van der Waals surface area contributed by atoms with Gasteiger partial charge in [0.25, 0.3) is 0 Å². The lowest BCUT2D eigenvalue weighted by Gasteiger charge is -2.26. The first-order valence-corrected chi connectivity index (χ1v) is 17.3. The Hall–Kier alpha value is -5.81. The third-order valence-corrected chi connectivity index (χ3v) is 10.00. The number of hydrogen-bond donors (Lipinski definition) is 0. The van der Waals surface area contributed by atoms with Crippen molar-refractivity contribution >= 4 is 33.2 Å². The molecule has 0 unspecified atom stereocenters. The van der Waals surface area contributed by atoms with E-state index in [1.54, 1.807) is 0 Å². The molecular weight excluding hydrogens is 613 g/mol. The van der Waals surface area contributed by atoms with Gasteiger partial charge in [-0.2, -0.15) is 0 Å². The fraction of sp³-hybridized carbons (Fsp3) is 0.178. The summed E-state index contributed by atoms with van der Waals surface area (Å²) in [5.74, 6) is 2.45. The molecule has 0 spiro atoms. The van der Waals surface area contributed by atoms with E-state index < -0.39 is 0 Å². The van der Waals surface area contributed by atoms with Gasteiger partial charge in [0, 0.05) is 58.3 Å². The second-order valence-electron chi connectivity index (χ2n) is 14.7. The maximum Gasteiger partial charge on any atom is 0.137 e. The normalized spacial score (nSPS) is 13.5. The maximum atomic E-state index is 6.58. The first-order valence-electron chi connectivity index (χ1n) is 17.3.